The molecule has 0 amide bonds. The van der Waals surface area contributed by atoms with Gasteiger partial charge in [-0.25, -0.2) is 0 Å². The summed E-state index contributed by atoms with van der Waals surface area (Å²) in [5.41, 5.74) is 1.25. The number of aliphatic imine (C=N–C) groups is 1. The molecule has 0 aliphatic carbocycles. The highest BCUT2D eigenvalue weighted by molar-refractivity contribution is 5.77. The van der Waals surface area contributed by atoms with Crippen LogP contribution in [0.4, 0.5) is 0 Å². The quantitative estimate of drug-likeness (QED) is 0.483. The van der Waals surface area contributed by atoms with Gasteiger partial charge in [0.15, 0.2) is 0 Å². The van der Waals surface area contributed by atoms with Crippen molar-refractivity contribution >= 4 is 6.21 Å². The van der Waals surface area contributed by atoms with Gasteiger partial charge in [-0.05, 0) is 18.9 Å². The van der Waals surface area contributed by atoms with Crippen LogP contribution < -0.4 is 0 Å². The second kappa shape index (κ2) is 4.57. The van der Waals surface area contributed by atoms with E-state index in [1.807, 2.05) is 6.21 Å². The van der Waals surface area contributed by atoms with Crippen molar-refractivity contribution in [2.75, 3.05) is 7.05 Å². The van der Waals surface area contributed by atoms with E-state index in [9.17, 15) is 0 Å². The average molecular weight is 111 g/mol. The fourth-order valence-electron chi connectivity index (χ4n) is 0.578. The second-order valence-corrected chi connectivity index (χ2v) is 1.74. The summed E-state index contributed by atoms with van der Waals surface area (Å²) < 4.78 is 0. The summed E-state index contributed by atoms with van der Waals surface area (Å²) >= 11 is 0. The van der Waals surface area contributed by atoms with Crippen molar-refractivity contribution in [1.29, 1.82) is 0 Å². The van der Waals surface area contributed by atoms with Crippen molar-refractivity contribution in [3.8, 4) is 0 Å². The molecule has 8 heavy (non-hydrogen) atoms. The first-order valence-corrected chi connectivity index (χ1v) is 2.90. The second-order valence-electron chi connectivity index (χ2n) is 1.74. The molecule has 0 heterocycles. The number of allylic oxidation sites excluding steroid dienone is 2. The SMILES string of the molecule is CCC=C(C)C=NC. The highest BCUT2D eigenvalue weighted by Gasteiger charge is 1.75. The monoisotopic (exact) mass is 111 g/mol. The summed E-state index contributed by atoms with van der Waals surface area (Å²) in [5, 5.41) is 0. The van der Waals surface area contributed by atoms with Crippen LogP contribution in [-0.4, -0.2) is 13.3 Å². The molecule has 1 nitrogen and oxygen atoms in total. The minimum absolute atomic E-state index is 1.10. The molecule has 0 aliphatic rings. The van der Waals surface area contributed by atoms with Gasteiger partial charge >= 0.3 is 0 Å². The molecule has 0 aromatic carbocycles. The molecule has 1 heteroatoms. The molecule has 0 saturated heterocycles. The highest BCUT2D eigenvalue weighted by Crippen LogP contribution is 1.88. The molecule has 0 N–H and O–H groups in total. The van der Waals surface area contributed by atoms with Gasteiger partial charge in [0, 0.05) is 13.3 Å². The van der Waals surface area contributed by atoms with Crippen molar-refractivity contribution in [2.45, 2.75) is 20.3 Å². The Balaban J connectivity index is 3.61. The van der Waals surface area contributed by atoms with E-state index in [-0.39, 0.29) is 0 Å². The van der Waals surface area contributed by atoms with Crippen molar-refractivity contribution in [3.05, 3.63) is 11.6 Å². The van der Waals surface area contributed by atoms with E-state index in [4.69, 9.17) is 0 Å². The number of hydrogen-bond acceptors (Lipinski definition) is 1. The fraction of sp³-hybridized carbons (Fsp3) is 0.571. The lowest BCUT2D eigenvalue weighted by Gasteiger charge is -1.84. The molecule has 0 aliphatic heterocycles. The third kappa shape index (κ3) is 3.59. The Morgan fingerprint density at radius 2 is 2.25 bits per heavy atom. The third-order valence-electron chi connectivity index (χ3n) is 0.859. The zero-order chi connectivity index (χ0) is 6.41. The molecular weight excluding hydrogens is 98.1 g/mol. The molecule has 0 fully saturated rings. The van der Waals surface area contributed by atoms with Gasteiger partial charge in [-0.3, -0.25) is 4.99 Å². The Kier molecular flexibility index (Phi) is 4.23. The molecule has 0 spiro atoms. The molecule has 0 radical (unpaired) electrons. The summed E-state index contributed by atoms with van der Waals surface area (Å²) in [6.45, 7) is 4.17. The Bertz CT molecular complexity index is 101. The van der Waals surface area contributed by atoms with E-state index < -0.39 is 0 Å². The lowest BCUT2D eigenvalue weighted by Crippen LogP contribution is -1.74. The predicted molar refractivity (Wildman–Crippen MR) is 38.5 cm³/mol. The average Bonchev–Trinajstić information content (AvgIpc) is 1.68. The zero-order valence-electron chi connectivity index (χ0n) is 5.81. The summed E-state index contributed by atoms with van der Waals surface area (Å²) in [4.78, 5) is 3.86. The number of hydrogen-bond donors (Lipinski definition) is 0. The summed E-state index contributed by atoms with van der Waals surface area (Å²) in [5.74, 6) is 0. The summed E-state index contributed by atoms with van der Waals surface area (Å²) in [6.07, 6.45) is 5.11. The van der Waals surface area contributed by atoms with Crippen LogP contribution in [0.15, 0.2) is 16.6 Å². The van der Waals surface area contributed by atoms with E-state index >= 15 is 0 Å². The summed E-state index contributed by atoms with van der Waals surface area (Å²) in [7, 11) is 1.78. The maximum Gasteiger partial charge on any atom is 0.0277 e. The van der Waals surface area contributed by atoms with Crippen LogP contribution in [0.2, 0.25) is 0 Å². The standard InChI is InChI=1S/C7H13N/c1-4-5-7(2)6-8-3/h5-6H,4H2,1-3H3. The fourth-order valence-corrected chi connectivity index (χ4v) is 0.578. The smallest absolute Gasteiger partial charge is 0.0277 e. The Morgan fingerprint density at radius 1 is 1.62 bits per heavy atom. The molecule has 0 atom stereocenters. The molecule has 0 aromatic rings. The lowest BCUT2D eigenvalue weighted by atomic mass is 10.3. The molecule has 0 bridgehead atoms. The lowest BCUT2D eigenvalue weighted by molar-refractivity contribution is 1.20. The van der Waals surface area contributed by atoms with Gasteiger partial charge in [-0.15, -0.1) is 0 Å². The van der Waals surface area contributed by atoms with Crippen molar-refractivity contribution < 1.29 is 0 Å². The van der Waals surface area contributed by atoms with Gasteiger partial charge in [-0.1, -0.05) is 13.0 Å². The van der Waals surface area contributed by atoms with Gasteiger partial charge in [0.25, 0.3) is 0 Å². The van der Waals surface area contributed by atoms with Crippen LogP contribution in [-0.2, 0) is 0 Å². The summed E-state index contributed by atoms with van der Waals surface area (Å²) in [6, 6.07) is 0. The molecule has 0 rings (SSSR count). The molecular formula is C7H13N. The maximum atomic E-state index is 3.86. The minimum atomic E-state index is 1.10. The first-order chi connectivity index (χ1) is 3.81. The van der Waals surface area contributed by atoms with Crippen LogP contribution in [0.3, 0.4) is 0 Å². The molecule has 0 unspecified atom stereocenters. The maximum absolute atomic E-state index is 3.86. The van der Waals surface area contributed by atoms with E-state index in [1.165, 1.54) is 5.57 Å². The Hall–Kier alpha value is -0.590. The zero-order valence-corrected chi connectivity index (χ0v) is 5.81. The number of nitrogens with zero attached hydrogens (tertiary/aromatic N) is 1. The van der Waals surface area contributed by atoms with Gasteiger partial charge < -0.3 is 0 Å². The van der Waals surface area contributed by atoms with E-state index in [0.29, 0.717) is 0 Å². The molecule has 46 valence electrons. The molecule has 0 aromatic heterocycles. The van der Waals surface area contributed by atoms with Gasteiger partial charge in [0.1, 0.15) is 0 Å². The van der Waals surface area contributed by atoms with Gasteiger partial charge in [-0.2, -0.15) is 0 Å². The van der Waals surface area contributed by atoms with Crippen LogP contribution in [0.1, 0.15) is 20.3 Å². The highest BCUT2D eigenvalue weighted by atomic mass is 14.6. The van der Waals surface area contributed by atoms with Crippen LogP contribution >= 0.6 is 0 Å². The predicted octanol–water partition coefficient (Wildman–Crippen LogP) is 2.04. The van der Waals surface area contributed by atoms with Crippen molar-refractivity contribution in [2.24, 2.45) is 4.99 Å². The van der Waals surface area contributed by atoms with Crippen molar-refractivity contribution in [3.63, 3.8) is 0 Å². The van der Waals surface area contributed by atoms with E-state index in [2.05, 4.69) is 24.9 Å². The first-order valence-electron chi connectivity index (χ1n) is 2.90. The molecule has 0 saturated carbocycles. The van der Waals surface area contributed by atoms with Gasteiger partial charge in [0.2, 0.25) is 0 Å². The minimum Gasteiger partial charge on any atom is -0.296 e. The topological polar surface area (TPSA) is 12.4 Å². The first kappa shape index (κ1) is 7.41. The van der Waals surface area contributed by atoms with Crippen LogP contribution in [0, 0.1) is 0 Å². The third-order valence-corrected chi connectivity index (χ3v) is 0.859. The van der Waals surface area contributed by atoms with E-state index in [1.54, 1.807) is 7.05 Å². The van der Waals surface area contributed by atoms with Crippen molar-refractivity contribution in [1.82, 2.24) is 0 Å². The Morgan fingerprint density at radius 3 is 2.62 bits per heavy atom. The van der Waals surface area contributed by atoms with Crippen LogP contribution in [0.5, 0.6) is 0 Å². The Labute approximate surface area is 51.1 Å². The number of rotatable bonds is 2. The normalized spacial score (nSPS) is 13.1. The largest absolute Gasteiger partial charge is 0.296 e. The van der Waals surface area contributed by atoms with Gasteiger partial charge in [0.05, 0.1) is 0 Å². The van der Waals surface area contributed by atoms with E-state index in [0.717, 1.165) is 6.42 Å². The van der Waals surface area contributed by atoms with Crippen LogP contribution in [0.25, 0.3) is 0 Å².